The van der Waals surface area contributed by atoms with Crippen LogP contribution in [0.5, 0.6) is 0 Å². The zero-order valence-electron chi connectivity index (χ0n) is 8.59. The summed E-state index contributed by atoms with van der Waals surface area (Å²) in [6, 6.07) is 6.35. The molecule has 0 aliphatic carbocycles. The average Bonchev–Trinajstić information content (AvgIpc) is 2.11. The Bertz CT molecular complexity index is 329. The molecular weight excluding hydrogens is 178 g/mol. The van der Waals surface area contributed by atoms with Crippen LogP contribution in [-0.2, 0) is 0 Å². The normalized spacial score (nSPS) is 11.8. The summed E-state index contributed by atoms with van der Waals surface area (Å²) in [6.07, 6.45) is 2.05. The van der Waals surface area contributed by atoms with Crippen molar-refractivity contribution in [3.8, 4) is 0 Å². The molecule has 0 saturated heterocycles. The van der Waals surface area contributed by atoms with Gasteiger partial charge in [-0.3, -0.25) is 0 Å². The van der Waals surface area contributed by atoms with Crippen LogP contribution in [0.15, 0.2) is 23.2 Å². The van der Waals surface area contributed by atoms with E-state index in [2.05, 4.69) is 37.0 Å². The fourth-order valence-electron chi connectivity index (χ4n) is 1.06. The number of benzene rings is 1. The number of aryl methyl sites for hydroxylation is 2. The molecule has 1 aromatic carbocycles. The Labute approximate surface area is 84.3 Å². The second-order valence-electron chi connectivity index (χ2n) is 3.12. The van der Waals surface area contributed by atoms with E-state index in [4.69, 9.17) is 0 Å². The van der Waals surface area contributed by atoms with Gasteiger partial charge >= 0.3 is 0 Å². The lowest BCUT2D eigenvalue weighted by atomic mass is 10.1. The highest BCUT2D eigenvalue weighted by Crippen LogP contribution is 2.21. The van der Waals surface area contributed by atoms with Crippen LogP contribution >= 0.6 is 11.8 Å². The molecule has 0 aliphatic rings. The van der Waals surface area contributed by atoms with Gasteiger partial charge in [0.05, 0.1) is 10.7 Å². The molecule has 0 bridgehead atoms. The SMILES string of the molecule is CSC(C)=Nc1cc(C)ccc1C. The zero-order chi connectivity index (χ0) is 9.84. The Morgan fingerprint density at radius 2 is 2.00 bits per heavy atom. The predicted octanol–water partition coefficient (Wildman–Crippen LogP) is 3.72. The summed E-state index contributed by atoms with van der Waals surface area (Å²) in [5, 5.41) is 1.11. The van der Waals surface area contributed by atoms with Crippen LogP contribution in [-0.4, -0.2) is 11.3 Å². The van der Waals surface area contributed by atoms with Gasteiger partial charge in [0.2, 0.25) is 0 Å². The highest BCUT2D eigenvalue weighted by atomic mass is 32.2. The molecule has 0 amide bonds. The Kier molecular flexibility index (Phi) is 3.55. The zero-order valence-corrected chi connectivity index (χ0v) is 9.40. The summed E-state index contributed by atoms with van der Waals surface area (Å²) in [5.74, 6) is 0. The molecule has 0 unspecified atom stereocenters. The lowest BCUT2D eigenvalue weighted by Gasteiger charge is -2.02. The van der Waals surface area contributed by atoms with Gasteiger partial charge in [-0.1, -0.05) is 12.1 Å². The van der Waals surface area contributed by atoms with Gasteiger partial charge in [-0.15, -0.1) is 11.8 Å². The maximum atomic E-state index is 4.52. The first-order valence-corrected chi connectivity index (χ1v) is 5.52. The number of rotatable bonds is 1. The third-order valence-corrected chi connectivity index (χ3v) is 2.62. The lowest BCUT2D eigenvalue weighted by molar-refractivity contribution is 1.35. The molecule has 0 spiro atoms. The van der Waals surface area contributed by atoms with Gasteiger partial charge in [-0.05, 0) is 44.2 Å². The maximum absolute atomic E-state index is 4.52. The molecule has 70 valence electrons. The van der Waals surface area contributed by atoms with E-state index in [1.807, 2.05) is 13.2 Å². The second kappa shape index (κ2) is 4.47. The molecule has 0 atom stereocenters. The third kappa shape index (κ3) is 2.88. The Hall–Kier alpha value is -0.760. The van der Waals surface area contributed by atoms with Crippen molar-refractivity contribution in [2.24, 2.45) is 4.99 Å². The van der Waals surface area contributed by atoms with Crippen LogP contribution in [0.3, 0.4) is 0 Å². The first-order valence-electron chi connectivity index (χ1n) is 4.30. The van der Waals surface area contributed by atoms with E-state index in [-0.39, 0.29) is 0 Å². The summed E-state index contributed by atoms with van der Waals surface area (Å²) in [5.41, 5.74) is 3.59. The Balaban J connectivity index is 3.07. The highest BCUT2D eigenvalue weighted by Gasteiger charge is 1.96. The number of hydrogen-bond acceptors (Lipinski definition) is 2. The highest BCUT2D eigenvalue weighted by molar-refractivity contribution is 8.13. The van der Waals surface area contributed by atoms with E-state index < -0.39 is 0 Å². The van der Waals surface area contributed by atoms with Crippen molar-refractivity contribution >= 4 is 22.5 Å². The predicted molar refractivity (Wildman–Crippen MR) is 62.2 cm³/mol. The minimum atomic E-state index is 1.09. The summed E-state index contributed by atoms with van der Waals surface area (Å²) in [7, 11) is 0. The van der Waals surface area contributed by atoms with Gasteiger partial charge < -0.3 is 0 Å². The molecule has 0 saturated carbocycles. The number of hydrogen-bond donors (Lipinski definition) is 0. The largest absolute Gasteiger partial charge is 0.247 e. The van der Waals surface area contributed by atoms with E-state index in [0.29, 0.717) is 0 Å². The molecule has 13 heavy (non-hydrogen) atoms. The van der Waals surface area contributed by atoms with Crippen LogP contribution in [0.25, 0.3) is 0 Å². The van der Waals surface area contributed by atoms with Crippen molar-refractivity contribution in [3.05, 3.63) is 29.3 Å². The van der Waals surface area contributed by atoms with E-state index in [1.54, 1.807) is 11.8 Å². The molecule has 1 rings (SSSR count). The molecule has 0 aliphatic heterocycles. The molecule has 0 fully saturated rings. The first-order chi connectivity index (χ1) is 6.13. The standard InChI is InChI=1S/C11H15NS/c1-8-5-6-9(2)11(7-8)12-10(3)13-4/h5-7H,1-4H3. The number of thioether (sulfide) groups is 1. The minimum absolute atomic E-state index is 1.09. The lowest BCUT2D eigenvalue weighted by Crippen LogP contribution is -1.83. The summed E-state index contributed by atoms with van der Waals surface area (Å²) >= 11 is 1.68. The van der Waals surface area contributed by atoms with E-state index in [0.717, 1.165) is 10.7 Å². The Morgan fingerprint density at radius 3 is 2.62 bits per heavy atom. The van der Waals surface area contributed by atoms with E-state index >= 15 is 0 Å². The van der Waals surface area contributed by atoms with Crippen LogP contribution < -0.4 is 0 Å². The van der Waals surface area contributed by atoms with Crippen molar-refractivity contribution in [2.75, 3.05) is 6.26 Å². The van der Waals surface area contributed by atoms with Gasteiger partial charge in [-0.2, -0.15) is 0 Å². The summed E-state index contributed by atoms with van der Waals surface area (Å²) in [4.78, 5) is 4.52. The van der Waals surface area contributed by atoms with Crippen LogP contribution in [0.4, 0.5) is 5.69 Å². The molecule has 0 N–H and O–H groups in total. The van der Waals surface area contributed by atoms with E-state index in [9.17, 15) is 0 Å². The molecule has 0 heterocycles. The molecular formula is C11H15NS. The fourth-order valence-corrected chi connectivity index (χ4v) is 1.24. The maximum Gasteiger partial charge on any atom is 0.0705 e. The van der Waals surface area contributed by atoms with Gasteiger partial charge in [0.1, 0.15) is 0 Å². The molecule has 1 aromatic rings. The van der Waals surface area contributed by atoms with Crippen LogP contribution in [0, 0.1) is 13.8 Å². The molecule has 1 nitrogen and oxygen atoms in total. The molecule has 0 radical (unpaired) electrons. The quantitative estimate of drug-likeness (QED) is 0.489. The van der Waals surface area contributed by atoms with Crippen LogP contribution in [0.1, 0.15) is 18.1 Å². The van der Waals surface area contributed by atoms with Crippen molar-refractivity contribution in [1.82, 2.24) is 0 Å². The smallest absolute Gasteiger partial charge is 0.0705 e. The van der Waals surface area contributed by atoms with Crippen molar-refractivity contribution in [3.63, 3.8) is 0 Å². The van der Waals surface area contributed by atoms with Crippen LogP contribution in [0.2, 0.25) is 0 Å². The van der Waals surface area contributed by atoms with Crippen molar-refractivity contribution in [1.29, 1.82) is 0 Å². The summed E-state index contributed by atoms with van der Waals surface area (Å²) in [6.45, 7) is 6.21. The fraction of sp³-hybridized carbons (Fsp3) is 0.364. The van der Waals surface area contributed by atoms with Crippen molar-refractivity contribution < 1.29 is 0 Å². The average molecular weight is 193 g/mol. The molecule has 2 heteroatoms. The molecule has 0 aromatic heterocycles. The van der Waals surface area contributed by atoms with Gasteiger partial charge in [0.15, 0.2) is 0 Å². The topological polar surface area (TPSA) is 12.4 Å². The summed E-state index contributed by atoms with van der Waals surface area (Å²) < 4.78 is 0. The van der Waals surface area contributed by atoms with Gasteiger partial charge in [0, 0.05) is 0 Å². The van der Waals surface area contributed by atoms with Gasteiger partial charge in [0.25, 0.3) is 0 Å². The number of nitrogens with zero attached hydrogens (tertiary/aromatic N) is 1. The first kappa shape index (κ1) is 10.3. The Morgan fingerprint density at radius 1 is 1.31 bits per heavy atom. The second-order valence-corrected chi connectivity index (χ2v) is 4.12. The van der Waals surface area contributed by atoms with Gasteiger partial charge in [-0.25, -0.2) is 4.99 Å². The monoisotopic (exact) mass is 193 g/mol. The third-order valence-electron chi connectivity index (χ3n) is 1.94. The minimum Gasteiger partial charge on any atom is -0.247 e. The van der Waals surface area contributed by atoms with E-state index in [1.165, 1.54) is 11.1 Å². The number of aliphatic imine (C=N–C) groups is 1. The van der Waals surface area contributed by atoms with Crippen molar-refractivity contribution in [2.45, 2.75) is 20.8 Å².